The van der Waals surface area contributed by atoms with Gasteiger partial charge < -0.3 is 14.6 Å². The molecule has 2 fully saturated rings. The largest absolute Gasteiger partial charge is 0.497 e. The molecule has 0 amide bonds. The fourth-order valence-corrected chi connectivity index (χ4v) is 4.69. The van der Waals surface area contributed by atoms with Crippen molar-refractivity contribution in [2.75, 3.05) is 40.5 Å². The van der Waals surface area contributed by atoms with E-state index in [1.54, 1.807) is 14.2 Å². The Hall–Kier alpha value is -1.30. The molecule has 0 aromatic heterocycles. The average molecular weight is 377 g/mol. The van der Waals surface area contributed by atoms with Gasteiger partial charge in [0.1, 0.15) is 11.5 Å². The van der Waals surface area contributed by atoms with Gasteiger partial charge in [0.25, 0.3) is 0 Å². The zero-order valence-electron chi connectivity index (χ0n) is 17.0. The summed E-state index contributed by atoms with van der Waals surface area (Å²) in [6.07, 6.45) is 9.07. The predicted molar refractivity (Wildman–Crippen MR) is 109 cm³/mol. The number of aliphatic hydroxyl groups excluding tert-OH is 1. The third-order valence-corrected chi connectivity index (χ3v) is 6.24. The van der Waals surface area contributed by atoms with Gasteiger partial charge in [0.2, 0.25) is 0 Å². The van der Waals surface area contributed by atoms with E-state index in [1.807, 2.05) is 6.07 Å². The van der Waals surface area contributed by atoms with Gasteiger partial charge in [-0.15, -0.1) is 0 Å². The van der Waals surface area contributed by atoms with Crippen LogP contribution in [0, 0.1) is 0 Å². The first-order chi connectivity index (χ1) is 13.2. The molecule has 1 heterocycles. The van der Waals surface area contributed by atoms with Gasteiger partial charge >= 0.3 is 0 Å². The zero-order valence-corrected chi connectivity index (χ0v) is 17.0. The van der Waals surface area contributed by atoms with Gasteiger partial charge in [-0.1, -0.05) is 25.7 Å². The van der Waals surface area contributed by atoms with E-state index in [4.69, 9.17) is 9.47 Å². The lowest BCUT2D eigenvalue weighted by Gasteiger charge is -2.44. The maximum Gasteiger partial charge on any atom is 0.122 e. The topological polar surface area (TPSA) is 45.2 Å². The van der Waals surface area contributed by atoms with E-state index in [0.29, 0.717) is 6.04 Å². The number of benzene rings is 1. The van der Waals surface area contributed by atoms with Crippen molar-refractivity contribution in [3.05, 3.63) is 23.8 Å². The normalized spacial score (nSPS) is 23.1. The lowest BCUT2D eigenvalue weighted by molar-refractivity contribution is 0.0275. The van der Waals surface area contributed by atoms with Crippen LogP contribution in [0.4, 0.5) is 0 Å². The first-order valence-electron chi connectivity index (χ1n) is 10.5. The molecule has 1 aliphatic heterocycles. The van der Waals surface area contributed by atoms with Crippen LogP contribution in [-0.2, 0) is 6.54 Å². The highest BCUT2D eigenvalue weighted by molar-refractivity contribution is 5.38. The minimum Gasteiger partial charge on any atom is -0.497 e. The zero-order chi connectivity index (χ0) is 19.1. The molecule has 0 bridgehead atoms. The van der Waals surface area contributed by atoms with Crippen LogP contribution in [0.2, 0.25) is 0 Å². The summed E-state index contributed by atoms with van der Waals surface area (Å²) in [5.74, 6) is 1.67. The summed E-state index contributed by atoms with van der Waals surface area (Å²) in [5.41, 5.74) is 1.21. The molecule has 1 N–H and O–H groups in total. The molecule has 2 aliphatic rings. The van der Waals surface area contributed by atoms with Crippen LogP contribution in [0.1, 0.15) is 50.5 Å². The summed E-state index contributed by atoms with van der Waals surface area (Å²) in [6, 6.07) is 7.25. The summed E-state index contributed by atoms with van der Waals surface area (Å²) in [7, 11) is 3.39. The highest BCUT2D eigenvalue weighted by Gasteiger charge is 2.30. The molecule has 1 aliphatic carbocycles. The van der Waals surface area contributed by atoms with Gasteiger partial charge in [0.05, 0.1) is 14.2 Å². The van der Waals surface area contributed by atoms with Gasteiger partial charge in [0, 0.05) is 50.9 Å². The third kappa shape index (κ3) is 5.59. The molecule has 0 radical (unpaired) electrons. The Morgan fingerprint density at radius 2 is 1.63 bits per heavy atom. The van der Waals surface area contributed by atoms with Crippen LogP contribution < -0.4 is 9.47 Å². The second-order valence-corrected chi connectivity index (χ2v) is 8.00. The molecule has 0 spiro atoms. The minimum atomic E-state index is 0.251. The monoisotopic (exact) mass is 376 g/mol. The Morgan fingerprint density at radius 3 is 2.22 bits per heavy atom. The molecule has 0 unspecified atom stereocenters. The molecule has 27 heavy (non-hydrogen) atoms. The van der Waals surface area contributed by atoms with Crippen LogP contribution in [0.3, 0.4) is 0 Å². The smallest absolute Gasteiger partial charge is 0.122 e. The molecule has 152 valence electrons. The fourth-order valence-electron chi connectivity index (χ4n) is 4.69. The fraction of sp³-hybridized carbons (Fsp3) is 0.727. The van der Waals surface area contributed by atoms with Crippen molar-refractivity contribution in [3.63, 3.8) is 0 Å². The number of ether oxygens (including phenoxy) is 2. The highest BCUT2D eigenvalue weighted by Crippen LogP contribution is 2.28. The van der Waals surface area contributed by atoms with Crippen molar-refractivity contribution < 1.29 is 14.6 Å². The summed E-state index contributed by atoms with van der Waals surface area (Å²) in [5, 5.41) is 9.62. The summed E-state index contributed by atoms with van der Waals surface area (Å²) in [6.45, 7) is 4.39. The first kappa shape index (κ1) is 20.4. The SMILES string of the molecule is COc1cc(CN2CCN(C3CCCCCC3)C[C@@H]2CCO)cc(OC)c1. The minimum absolute atomic E-state index is 0.251. The van der Waals surface area contributed by atoms with E-state index in [0.717, 1.165) is 50.1 Å². The number of hydrogen-bond acceptors (Lipinski definition) is 5. The van der Waals surface area contributed by atoms with Crippen molar-refractivity contribution in [1.82, 2.24) is 9.80 Å². The molecule has 3 rings (SSSR count). The van der Waals surface area contributed by atoms with Crippen molar-refractivity contribution in [2.45, 2.75) is 63.6 Å². The molecule has 5 nitrogen and oxygen atoms in total. The maximum absolute atomic E-state index is 9.62. The van der Waals surface area contributed by atoms with Crippen LogP contribution in [-0.4, -0.2) is 67.5 Å². The molecular formula is C22H36N2O3. The van der Waals surface area contributed by atoms with E-state index >= 15 is 0 Å². The quantitative estimate of drug-likeness (QED) is 0.740. The highest BCUT2D eigenvalue weighted by atomic mass is 16.5. The first-order valence-corrected chi connectivity index (χ1v) is 10.5. The van der Waals surface area contributed by atoms with Gasteiger partial charge in [-0.3, -0.25) is 9.80 Å². The van der Waals surface area contributed by atoms with Gasteiger partial charge in [-0.05, 0) is 37.0 Å². The van der Waals surface area contributed by atoms with Crippen LogP contribution in [0.5, 0.6) is 11.5 Å². The lowest BCUT2D eigenvalue weighted by atomic mass is 10.0. The Kier molecular flexibility index (Phi) is 7.80. The second kappa shape index (κ2) is 10.3. The van der Waals surface area contributed by atoms with Crippen molar-refractivity contribution in [2.24, 2.45) is 0 Å². The average Bonchev–Trinajstić information content (AvgIpc) is 2.98. The molecule has 1 atom stereocenters. The molecule has 5 heteroatoms. The molecule has 1 saturated carbocycles. The number of piperazine rings is 1. The molecule has 1 saturated heterocycles. The number of hydrogen-bond donors (Lipinski definition) is 1. The maximum atomic E-state index is 9.62. The van der Waals surface area contributed by atoms with Crippen molar-refractivity contribution in [1.29, 1.82) is 0 Å². The number of nitrogens with zero attached hydrogens (tertiary/aromatic N) is 2. The Balaban J connectivity index is 1.67. The molecule has 1 aromatic rings. The van der Waals surface area contributed by atoms with Crippen molar-refractivity contribution in [3.8, 4) is 11.5 Å². The predicted octanol–water partition coefficient (Wildman–Crippen LogP) is 3.30. The Labute approximate surface area is 164 Å². The Bertz CT molecular complexity index is 550. The summed E-state index contributed by atoms with van der Waals surface area (Å²) < 4.78 is 10.8. The Morgan fingerprint density at radius 1 is 0.963 bits per heavy atom. The summed E-state index contributed by atoms with van der Waals surface area (Å²) >= 11 is 0. The van der Waals surface area contributed by atoms with Crippen LogP contribution in [0.25, 0.3) is 0 Å². The van der Waals surface area contributed by atoms with Gasteiger partial charge in [0.15, 0.2) is 0 Å². The third-order valence-electron chi connectivity index (χ3n) is 6.24. The molecule has 1 aromatic carbocycles. The van der Waals surface area contributed by atoms with E-state index in [9.17, 15) is 5.11 Å². The lowest BCUT2D eigenvalue weighted by Crippen LogP contribution is -2.55. The van der Waals surface area contributed by atoms with Crippen molar-refractivity contribution >= 4 is 0 Å². The standard InChI is InChI=1S/C22H36N2O3/c1-26-21-13-18(14-22(15-21)27-2)16-23-10-11-24(17-20(23)9-12-25)19-7-5-3-4-6-8-19/h13-15,19-20,25H,3-12,16-17H2,1-2H3/t20-/m0/s1. The summed E-state index contributed by atoms with van der Waals surface area (Å²) in [4.78, 5) is 5.23. The number of methoxy groups -OCH3 is 2. The second-order valence-electron chi connectivity index (χ2n) is 8.00. The van der Waals surface area contributed by atoms with Crippen LogP contribution in [0.15, 0.2) is 18.2 Å². The van der Waals surface area contributed by atoms with Gasteiger partial charge in [-0.2, -0.15) is 0 Å². The number of rotatable bonds is 7. The van der Waals surface area contributed by atoms with E-state index in [-0.39, 0.29) is 6.61 Å². The number of aliphatic hydroxyl groups is 1. The van der Waals surface area contributed by atoms with Gasteiger partial charge in [-0.25, -0.2) is 0 Å². The molecular weight excluding hydrogens is 340 g/mol. The van der Waals surface area contributed by atoms with E-state index in [1.165, 1.54) is 44.1 Å². The van der Waals surface area contributed by atoms with E-state index < -0.39 is 0 Å². The van der Waals surface area contributed by atoms with Crippen LogP contribution >= 0.6 is 0 Å². The van der Waals surface area contributed by atoms with E-state index in [2.05, 4.69) is 21.9 Å².